The van der Waals surface area contributed by atoms with Crippen molar-refractivity contribution >= 4 is 16.8 Å². The zero-order chi connectivity index (χ0) is 17.8. The summed E-state index contributed by atoms with van der Waals surface area (Å²) in [6, 6.07) is 10.6. The van der Waals surface area contributed by atoms with E-state index in [1.54, 1.807) is 12.5 Å². The predicted molar refractivity (Wildman–Crippen MR) is 101 cm³/mol. The zero-order valence-electron chi connectivity index (χ0n) is 14.9. The fraction of sp³-hybridized carbons (Fsp3) is 0.150. The van der Waals surface area contributed by atoms with Crippen LogP contribution in [0.1, 0.15) is 17.1 Å². The van der Waals surface area contributed by atoms with E-state index in [1.807, 2.05) is 6.92 Å². The second-order valence-corrected chi connectivity index (χ2v) is 6.54. The molecular weight excluding hydrogens is 324 g/mol. The number of hydrogen-bond donors (Lipinski definition) is 0. The fourth-order valence-corrected chi connectivity index (χ4v) is 3.70. The Kier molecular flexibility index (Phi) is 3.03. The third-order valence-corrected chi connectivity index (χ3v) is 4.90. The number of hydrogen-bond acceptors (Lipinski definition) is 3. The Bertz CT molecular complexity index is 1270. The van der Waals surface area contributed by atoms with Gasteiger partial charge in [-0.2, -0.15) is 0 Å². The molecular formula is C20H18N6. The first kappa shape index (κ1) is 14.9. The van der Waals surface area contributed by atoms with Gasteiger partial charge in [-0.3, -0.25) is 9.13 Å². The summed E-state index contributed by atoms with van der Waals surface area (Å²) >= 11 is 0. The molecule has 0 saturated heterocycles. The SMILES string of the molecule is Cc1cccc(-n2c(C)nc3cncnc32)c1-n1ccn2c(C)ccc12. The summed E-state index contributed by atoms with van der Waals surface area (Å²) in [7, 11) is 0. The highest BCUT2D eigenvalue weighted by atomic mass is 15.2. The zero-order valence-corrected chi connectivity index (χ0v) is 14.9. The van der Waals surface area contributed by atoms with E-state index in [-0.39, 0.29) is 0 Å². The van der Waals surface area contributed by atoms with E-state index in [9.17, 15) is 0 Å². The lowest BCUT2D eigenvalue weighted by molar-refractivity contribution is 0.954. The Morgan fingerprint density at radius 1 is 0.962 bits per heavy atom. The van der Waals surface area contributed by atoms with Crippen molar-refractivity contribution in [1.29, 1.82) is 0 Å². The molecule has 0 amide bonds. The van der Waals surface area contributed by atoms with Crippen LogP contribution in [0.15, 0.2) is 55.2 Å². The summed E-state index contributed by atoms with van der Waals surface area (Å²) in [4.78, 5) is 13.2. The topological polar surface area (TPSA) is 52.9 Å². The molecule has 0 saturated carbocycles. The molecule has 0 atom stereocenters. The van der Waals surface area contributed by atoms with Gasteiger partial charge >= 0.3 is 0 Å². The molecule has 5 rings (SSSR count). The normalized spacial score (nSPS) is 11.7. The van der Waals surface area contributed by atoms with E-state index in [2.05, 4.69) is 85.1 Å². The van der Waals surface area contributed by atoms with Crippen LogP contribution in [0.5, 0.6) is 0 Å². The standard InChI is InChI=1S/C20H18N6/c1-13-5-4-6-17(26-15(3)23-16-11-21-12-22-20(16)26)19(13)25-10-9-24-14(2)7-8-18(24)25/h4-12H,1-3H3. The van der Waals surface area contributed by atoms with Crippen LogP contribution in [-0.4, -0.2) is 28.5 Å². The average molecular weight is 342 g/mol. The van der Waals surface area contributed by atoms with E-state index in [1.165, 1.54) is 11.3 Å². The monoisotopic (exact) mass is 342 g/mol. The predicted octanol–water partition coefficient (Wildman–Crippen LogP) is 3.78. The number of para-hydroxylation sites is 1. The van der Waals surface area contributed by atoms with Crippen molar-refractivity contribution in [1.82, 2.24) is 28.5 Å². The minimum absolute atomic E-state index is 0.800. The van der Waals surface area contributed by atoms with Gasteiger partial charge in [-0.05, 0) is 44.5 Å². The summed E-state index contributed by atoms with van der Waals surface area (Å²) in [6.45, 7) is 6.25. The Labute approximate surface area is 150 Å². The van der Waals surface area contributed by atoms with Crippen LogP contribution < -0.4 is 0 Å². The van der Waals surface area contributed by atoms with Crippen molar-refractivity contribution in [2.24, 2.45) is 0 Å². The number of aryl methyl sites for hydroxylation is 3. The Hall–Kier alpha value is -3.41. The van der Waals surface area contributed by atoms with Crippen molar-refractivity contribution in [2.45, 2.75) is 20.8 Å². The number of imidazole rings is 2. The van der Waals surface area contributed by atoms with Crippen LogP contribution in [-0.2, 0) is 0 Å². The van der Waals surface area contributed by atoms with E-state index in [4.69, 9.17) is 0 Å². The van der Waals surface area contributed by atoms with Gasteiger partial charge in [0.15, 0.2) is 5.65 Å². The minimum atomic E-state index is 0.800. The highest BCUT2D eigenvalue weighted by Crippen LogP contribution is 2.29. The lowest BCUT2D eigenvalue weighted by atomic mass is 10.1. The Morgan fingerprint density at radius 3 is 2.73 bits per heavy atom. The van der Waals surface area contributed by atoms with Gasteiger partial charge in [0, 0.05) is 18.1 Å². The molecule has 0 N–H and O–H groups in total. The summed E-state index contributed by atoms with van der Waals surface area (Å²) in [5.74, 6) is 0.891. The molecule has 0 fully saturated rings. The van der Waals surface area contributed by atoms with E-state index in [0.29, 0.717) is 0 Å². The Morgan fingerprint density at radius 2 is 1.85 bits per heavy atom. The third-order valence-electron chi connectivity index (χ3n) is 4.90. The van der Waals surface area contributed by atoms with Crippen LogP contribution in [0.3, 0.4) is 0 Å². The molecule has 0 radical (unpaired) electrons. The van der Waals surface area contributed by atoms with E-state index in [0.717, 1.165) is 34.0 Å². The van der Waals surface area contributed by atoms with Gasteiger partial charge in [0.05, 0.1) is 17.6 Å². The molecule has 4 heterocycles. The number of nitrogens with zero attached hydrogens (tertiary/aromatic N) is 6. The molecule has 5 aromatic rings. The van der Waals surface area contributed by atoms with Crippen molar-refractivity contribution in [2.75, 3.05) is 0 Å². The van der Waals surface area contributed by atoms with Gasteiger partial charge in [0.2, 0.25) is 0 Å². The van der Waals surface area contributed by atoms with Gasteiger partial charge in [0.1, 0.15) is 23.3 Å². The maximum Gasteiger partial charge on any atom is 0.168 e. The molecule has 1 aromatic carbocycles. The van der Waals surface area contributed by atoms with Crippen LogP contribution in [0.4, 0.5) is 0 Å². The largest absolute Gasteiger partial charge is 0.306 e. The summed E-state index contributed by atoms with van der Waals surface area (Å²) in [5, 5.41) is 0. The number of benzene rings is 1. The molecule has 0 aliphatic carbocycles. The van der Waals surface area contributed by atoms with Crippen LogP contribution in [0.2, 0.25) is 0 Å². The summed E-state index contributed by atoms with van der Waals surface area (Å²) in [5.41, 5.74) is 7.34. The highest BCUT2D eigenvalue weighted by Gasteiger charge is 2.17. The number of rotatable bonds is 2. The summed E-state index contributed by atoms with van der Waals surface area (Å²) in [6.07, 6.45) is 7.53. The van der Waals surface area contributed by atoms with Gasteiger partial charge in [0.25, 0.3) is 0 Å². The first-order chi connectivity index (χ1) is 12.6. The van der Waals surface area contributed by atoms with Crippen LogP contribution in [0, 0.1) is 20.8 Å². The smallest absolute Gasteiger partial charge is 0.168 e. The van der Waals surface area contributed by atoms with Crippen molar-refractivity contribution in [3.8, 4) is 11.4 Å². The van der Waals surface area contributed by atoms with Gasteiger partial charge in [-0.1, -0.05) is 12.1 Å². The minimum Gasteiger partial charge on any atom is -0.306 e. The van der Waals surface area contributed by atoms with Crippen LogP contribution >= 0.6 is 0 Å². The van der Waals surface area contributed by atoms with Crippen molar-refractivity contribution < 1.29 is 0 Å². The van der Waals surface area contributed by atoms with E-state index < -0.39 is 0 Å². The lowest BCUT2D eigenvalue weighted by Crippen LogP contribution is -2.06. The van der Waals surface area contributed by atoms with Gasteiger partial charge in [-0.15, -0.1) is 0 Å². The lowest BCUT2D eigenvalue weighted by Gasteiger charge is -2.16. The maximum absolute atomic E-state index is 4.63. The summed E-state index contributed by atoms with van der Waals surface area (Å²) < 4.78 is 6.52. The molecule has 0 spiro atoms. The van der Waals surface area contributed by atoms with Crippen LogP contribution in [0.25, 0.3) is 28.2 Å². The molecule has 0 aliphatic rings. The Balaban J connectivity index is 1.87. The molecule has 6 heteroatoms. The van der Waals surface area contributed by atoms with Gasteiger partial charge in [-0.25, -0.2) is 15.0 Å². The molecule has 0 bridgehead atoms. The first-order valence-electron chi connectivity index (χ1n) is 8.55. The van der Waals surface area contributed by atoms with E-state index >= 15 is 0 Å². The molecule has 6 nitrogen and oxygen atoms in total. The number of aromatic nitrogens is 6. The quantitative estimate of drug-likeness (QED) is 0.490. The average Bonchev–Trinajstić information content (AvgIpc) is 3.29. The maximum atomic E-state index is 4.63. The second-order valence-electron chi connectivity index (χ2n) is 6.54. The highest BCUT2D eigenvalue weighted by molar-refractivity contribution is 5.75. The molecule has 26 heavy (non-hydrogen) atoms. The second kappa shape index (κ2) is 5.29. The molecule has 128 valence electrons. The number of fused-ring (bicyclic) bond motifs is 2. The van der Waals surface area contributed by atoms with Gasteiger partial charge < -0.3 is 4.40 Å². The van der Waals surface area contributed by atoms with Crippen molar-refractivity contribution in [3.63, 3.8) is 0 Å². The van der Waals surface area contributed by atoms with Crippen molar-refractivity contribution in [3.05, 3.63) is 72.3 Å². The first-order valence-corrected chi connectivity index (χ1v) is 8.55. The molecule has 0 unspecified atom stereocenters. The fourth-order valence-electron chi connectivity index (χ4n) is 3.70. The molecule has 0 aliphatic heterocycles. The third kappa shape index (κ3) is 1.95. The molecule has 4 aromatic heterocycles.